The molecular weight excluding hydrogens is 1790 g/mol. The Morgan fingerprint density at radius 2 is 0.741 bits per heavy atom. The molecule has 29 nitrogen and oxygen atoms in total. The number of nitrogens with zero attached hydrogens (tertiary/aromatic N) is 5. The molecule has 139 heavy (non-hydrogen) atoms. The molecule has 2 heterocycles. The number of aromatic nitrogens is 3. The molecule has 0 saturated heterocycles. The van der Waals surface area contributed by atoms with E-state index < -0.39 is 29.1 Å². The SMILES string of the molecule is CC(C)NC(=O)c1cccc(-c2ccc(O)c(C=O)c2)c1.CN(C)C(=O)c1ccc(-c2cc(F)c(O)c(C=O)c2)cc1.CN(C)C(=O)c1ccc(-c2ccc(O)c(C=O)c2)cc1.COc1cc(-c2cccc(C(=O)NC3CCCCC3)c2)cc(C=O)c1O.COc1ccc(-c2ccncc2)c(C=O)c1O.O=Cc1cc(-c2ccc(C(=O)O)cc2)ccc1O.O=Cc1cc(-c2cncnc2)cc(F)c1O. The van der Waals surface area contributed by atoms with Gasteiger partial charge in [-0.1, -0.05) is 98.1 Å². The fraction of sp³-hybridized carbons (Fsp3) is 0.139. The highest BCUT2D eigenvalue weighted by Crippen LogP contribution is 2.39. The van der Waals surface area contributed by atoms with E-state index in [1.54, 1.807) is 192 Å². The van der Waals surface area contributed by atoms with Crippen LogP contribution in [0.2, 0.25) is 0 Å². The summed E-state index contributed by atoms with van der Waals surface area (Å²) >= 11 is 0. The maximum atomic E-state index is 13.6. The summed E-state index contributed by atoms with van der Waals surface area (Å²) in [5, 5.41) is 81.6. The summed E-state index contributed by atoms with van der Waals surface area (Å²) in [4.78, 5) is 149. The summed E-state index contributed by atoms with van der Waals surface area (Å²) < 4.78 is 36.9. The Kier molecular flexibility index (Phi) is 38.2. The number of phenolic OH excluding ortho intramolecular Hbond substituents is 7. The van der Waals surface area contributed by atoms with Crippen molar-refractivity contribution in [1.82, 2.24) is 35.4 Å². The van der Waals surface area contributed by atoms with E-state index in [1.807, 2.05) is 44.2 Å². The van der Waals surface area contributed by atoms with Gasteiger partial charge in [-0.3, -0.25) is 57.7 Å². The first-order chi connectivity index (χ1) is 66.7. The van der Waals surface area contributed by atoms with Crippen LogP contribution in [0.1, 0.15) is 170 Å². The Hall–Kier alpha value is -18.0. The highest BCUT2D eigenvalue weighted by atomic mass is 19.1. The number of aldehydes is 7. The number of halogens is 2. The molecule has 1 fully saturated rings. The van der Waals surface area contributed by atoms with Gasteiger partial charge in [-0.15, -0.1) is 0 Å². The Labute approximate surface area is 797 Å². The van der Waals surface area contributed by atoms with Crippen LogP contribution >= 0.6 is 0 Å². The molecule has 0 aliphatic heterocycles. The lowest BCUT2D eigenvalue weighted by molar-refractivity contribution is 0.0694. The van der Waals surface area contributed by atoms with E-state index in [4.69, 9.17) is 14.6 Å². The Morgan fingerprint density at radius 3 is 1.15 bits per heavy atom. The smallest absolute Gasteiger partial charge is 0.335 e. The molecule has 710 valence electrons. The monoisotopic (exact) mass is 1880 g/mol. The zero-order chi connectivity index (χ0) is 101. The molecule has 1 aliphatic carbocycles. The van der Waals surface area contributed by atoms with Gasteiger partial charge in [-0.2, -0.15) is 0 Å². The van der Waals surface area contributed by atoms with Crippen LogP contribution in [0.25, 0.3) is 77.9 Å². The van der Waals surface area contributed by atoms with E-state index in [9.17, 15) is 102 Å². The molecule has 14 aromatic rings. The second kappa shape index (κ2) is 50.7. The highest BCUT2D eigenvalue weighted by Gasteiger charge is 2.22. The van der Waals surface area contributed by atoms with Gasteiger partial charge in [0.15, 0.2) is 90.1 Å². The van der Waals surface area contributed by atoms with Crippen LogP contribution in [-0.4, -0.2) is 194 Å². The number of pyridine rings is 1. The number of carboxylic acid groups (broad SMARTS) is 1. The Morgan fingerprint density at radius 1 is 0.367 bits per heavy atom. The molecule has 10 N–H and O–H groups in total. The van der Waals surface area contributed by atoms with Gasteiger partial charge in [0, 0.05) is 92.9 Å². The van der Waals surface area contributed by atoms with Crippen molar-refractivity contribution in [3.8, 4) is 130 Å². The van der Waals surface area contributed by atoms with E-state index in [-0.39, 0.29) is 120 Å². The minimum absolute atomic E-state index is 0.0387. The van der Waals surface area contributed by atoms with E-state index >= 15 is 0 Å². The second-order valence-corrected chi connectivity index (χ2v) is 31.5. The number of phenols is 7. The fourth-order valence-corrected chi connectivity index (χ4v) is 13.9. The lowest BCUT2D eigenvalue weighted by atomic mass is 9.95. The molecule has 1 aliphatic rings. The molecule has 0 unspecified atom stereocenters. The first kappa shape index (κ1) is 105. The number of carbonyl (C=O) groups excluding carboxylic acids is 11. The van der Waals surface area contributed by atoms with Crippen LogP contribution < -0.4 is 20.1 Å². The van der Waals surface area contributed by atoms with Gasteiger partial charge in [0.2, 0.25) is 0 Å². The van der Waals surface area contributed by atoms with Crippen molar-refractivity contribution in [2.45, 2.75) is 58.0 Å². The number of ether oxygens (including phenoxy) is 2. The molecule has 4 amide bonds. The lowest BCUT2D eigenvalue weighted by Gasteiger charge is -2.22. The first-order valence-corrected chi connectivity index (χ1v) is 42.7. The van der Waals surface area contributed by atoms with Crippen LogP contribution in [0.15, 0.2) is 268 Å². The molecule has 1 saturated carbocycles. The predicted molar refractivity (Wildman–Crippen MR) is 519 cm³/mol. The normalized spacial score (nSPS) is 11.0. The average Bonchev–Trinajstić information content (AvgIpc) is 0.815. The van der Waals surface area contributed by atoms with Crippen LogP contribution in [0, 0.1) is 11.6 Å². The number of carbonyl (C=O) groups is 12. The second-order valence-electron chi connectivity index (χ2n) is 31.5. The number of hydrogen-bond acceptors (Lipinski definition) is 24. The van der Waals surface area contributed by atoms with Crippen molar-refractivity contribution in [3.05, 3.63) is 346 Å². The number of nitrogens with one attached hydrogen (secondary N) is 2. The number of carboxylic acids is 1. The molecule has 0 atom stereocenters. The van der Waals surface area contributed by atoms with Crippen LogP contribution in [0.3, 0.4) is 0 Å². The van der Waals surface area contributed by atoms with Crippen LogP contribution in [-0.2, 0) is 0 Å². The topological polar surface area (TPSA) is 454 Å². The van der Waals surface area contributed by atoms with Gasteiger partial charge in [-0.25, -0.2) is 23.5 Å². The summed E-state index contributed by atoms with van der Waals surface area (Å²) in [6.45, 7) is 3.80. The fourth-order valence-electron chi connectivity index (χ4n) is 13.9. The highest BCUT2D eigenvalue weighted by molar-refractivity contribution is 5.99. The molecular formula is C108H97F2N7O22. The number of hydrogen-bond donors (Lipinski definition) is 10. The Bertz CT molecular complexity index is 6760. The maximum absolute atomic E-state index is 13.6. The number of benzene rings is 12. The third-order valence-electron chi connectivity index (χ3n) is 21.2. The van der Waals surface area contributed by atoms with Crippen LogP contribution in [0.4, 0.5) is 8.78 Å². The molecule has 12 aromatic carbocycles. The molecule has 31 heteroatoms. The third-order valence-corrected chi connectivity index (χ3v) is 21.2. The Balaban J connectivity index is 0.000000182. The summed E-state index contributed by atoms with van der Waals surface area (Å²) in [6, 6.07) is 64.1. The number of aromatic hydroxyl groups is 7. The minimum Gasteiger partial charge on any atom is -0.507 e. The van der Waals surface area contributed by atoms with Gasteiger partial charge < -0.3 is 70.8 Å². The summed E-state index contributed by atoms with van der Waals surface area (Å²) in [7, 11) is 9.58. The van der Waals surface area contributed by atoms with Gasteiger partial charge in [0.25, 0.3) is 23.6 Å². The van der Waals surface area contributed by atoms with E-state index in [1.165, 1.54) is 91.6 Å². The first-order valence-electron chi connectivity index (χ1n) is 42.7. The average molecular weight is 1880 g/mol. The minimum atomic E-state index is -0.985. The molecule has 0 spiro atoms. The van der Waals surface area contributed by atoms with Crippen LogP contribution in [0.5, 0.6) is 51.7 Å². The standard InChI is InChI=1S/C21H23NO4.C17H17NO3.C16H14FNO3.C16H15NO3.C14H10O4.C13H11NO3.C11H7FN2O2/c1-26-19-12-16(11-17(13-23)20(19)24)14-6-5-7-15(10-14)21(25)22-18-8-3-2-4-9-18;1-11(2)18-17(21)14-5-3-4-12(8-14)13-6-7-16(20)15(9-13)10-19;1-18(2)16(21)11-5-3-10(4-6-11)12-7-13(9-19)15(20)14(17)8-12;1-17(2)16(20)12-5-3-11(4-6-12)13-7-8-15(19)14(9-13)10-18;15-8-12-7-11(5-6-13(12)16)9-1-3-10(4-2-9)14(17)18;1-17-12-3-2-10(11(8-15)13(12)16)9-4-6-14-7-5-9;12-10-2-7(1-8(5-15)11(10)16)9-3-13-6-14-4-9/h5-7,10-13,18,24H,2-4,8-9H2,1H3,(H,22,25);3-11,20H,1-2H3,(H,18,21);3-9,20H,1-2H3;3-10,19H,1-2H3;1-8,16H,(H,17,18);2-8,16H,1H3;1-6,16H. The van der Waals surface area contributed by atoms with E-state index in [0.717, 1.165) is 82.3 Å². The molecule has 0 bridgehead atoms. The third kappa shape index (κ3) is 28.5. The van der Waals surface area contributed by atoms with Gasteiger partial charge in [-0.05, 0) is 257 Å². The molecule has 15 rings (SSSR count). The largest absolute Gasteiger partial charge is 0.507 e. The molecule has 0 radical (unpaired) electrons. The lowest BCUT2D eigenvalue weighted by Crippen LogP contribution is -2.36. The summed E-state index contributed by atoms with van der Waals surface area (Å²) in [6.07, 6.45) is 17.0. The van der Waals surface area contributed by atoms with E-state index in [0.29, 0.717) is 99.6 Å². The zero-order valence-corrected chi connectivity index (χ0v) is 76.4. The predicted octanol–water partition coefficient (Wildman–Crippen LogP) is 18.9. The van der Waals surface area contributed by atoms with Crippen molar-refractivity contribution >= 4 is 73.6 Å². The number of amides is 4. The summed E-state index contributed by atoms with van der Waals surface area (Å²) in [5.74, 6) is -4.39. The number of rotatable bonds is 23. The summed E-state index contributed by atoms with van der Waals surface area (Å²) in [5.41, 5.74) is 13.2. The van der Waals surface area contributed by atoms with Gasteiger partial charge in [0.05, 0.1) is 58.7 Å². The van der Waals surface area contributed by atoms with Gasteiger partial charge in [0.1, 0.15) is 23.6 Å². The van der Waals surface area contributed by atoms with Crippen molar-refractivity contribution in [2.75, 3.05) is 42.4 Å². The number of methoxy groups -OCH3 is 2. The van der Waals surface area contributed by atoms with Crippen molar-refractivity contribution in [2.24, 2.45) is 0 Å². The number of aromatic carboxylic acids is 1. The quantitative estimate of drug-likeness (QED) is 0.0266. The van der Waals surface area contributed by atoms with Gasteiger partial charge >= 0.3 is 5.97 Å². The molecule has 2 aromatic heterocycles. The van der Waals surface area contributed by atoms with E-state index in [2.05, 4.69) is 25.6 Å². The van der Waals surface area contributed by atoms with Crippen molar-refractivity contribution < 1.29 is 117 Å². The van der Waals surface area contributed by atoms with Crippen molar-refractivity contribution in [1.29, 1.82) is 0 Å². The van der Waals surface area contributed by atoms with Crippen molar-refractivity contribution in [3.63, 3.8) is 0 Å². The zero-order valence-electron chi connectivity index (χ0n) is 76.4. The maximum Gasteiger partial charge on any atom is 0.335 e.